The SMILES string of the molecule is c1ccc(-n2c3ccccc3c3cc(-n4c5ccccc5c5cc6c(cc54)oc4c5ccccc5ccc64)c4ccccc4c32)cc1. The molecule has 8 aromatic carbocycles. The molecule has 0 N–H and O–H groups in total. The number of furan rings is 1. The van der Waals surface area contributed by atoms with Gasteiger partial charge >= 0.3 is 0 Å². The molecule has 3 heteroatoms. The highest BCUT2D eigenvalue weighted by atomic mass is 16.3. The van der Waals surface area contributed by atoms with E-state index < -0.39 is 0 Å². The molecule has 0 spiro atoms. The van der Waals surface area contributed by atoms with Crippen LogP contribution < -0.4 is 0 Å². The number of benzene rings is 8. The minimum atomic E-state index is 0.902. The van der Waals surface area contributed by atoms with Crippen LogP contribution in [0.3, 0.4) is 0 Å². The van der Waals surface area contributed by atoms with Crippen molar-refractivity contribution >= 4 is 87.1 Å². The van der Waals surface area contributed by atoms with Crippen LogP contribution in [0.25, 0.3) is 98.5 Å². The van der Waals surface area contributed by atoms with E-state index in [2.05, 4.69) is 167 Å². The number of rotatable bonds is 2. The fourth-order valence-electron chi connectivity index (χ4n) is 8.06. The van der Waals surface area contributed by atoms with Gasteiger partial charge in [0, 0.05) is 60.2 Å². The molecule has 0 saturated carbocycles. The topological polar surface area (TPSA) is 23.0 Å². The number of hydrogen-bond acceptors (Lipinski definition) is 1. The van der Waals surface area contributed by atoms with Crippen molar-refractivity contribution in [3.05, 3.63) is 158 Å². The van der Waals surface area contributed by atoms with Gasteiger partial charge in [0.25, 0.3) is 0 Å². The van der Waals surface area contributed by atoms with Crippen molar-refractivity contribution in [3.63, 3.8) is 0 Å². The Bertz CT molecular complexity index is 3070. The van der Waals surface area contributed by atoms with Gasteiger partial charge < -0.3 is 13.6 Å². The summed E-state index contributed by atoms with van der Waals surface area (Å²) in [6, 6.07) is 57.0. The molecular formula is C44H26N2O. The third-order valence-electron chi connectivity index (χ3n) is 10.1. The quantitative estimate of drug-likeness (QED) is 0.194. The Balaban J connectivity index is 1.31. The second kappa shape index (κ2) is 9.12. The molecule has 218 valence electrons. The second-order valence-electron chi connectivity index (χ2n) is 12.5. The van der Waals surface area contributed by atoms with Gasteiger partial charge in [0.2, 0.25) is 0 Å². The van der Waals surface area contributed by atoms with Gasteiger partial charge in [-0.05, 0) is 47.9 Å². The number of aromatic nitrogens is 2. The monoisotopic (exact) mass is 598 g/mol. The highest BCUT2D eigenvalue weighted by Crippen LogP contribution is 2.44. The highest BCUT2D eigenvalue weighted by Gasteiger charge is 2.22. The molecule has 3 aromatic heterocycles. The molecule has 0 aliphatic heterocycles. The molecule has 0 bridgehead atoms. The second-order valence-corrected chi connectivity index (χ2v) is 12.5. The Kier molecular flexibility index (Phi) is 4.84. The van der Waals surface area contributed by atoms with Crippen molar-refractivity contribution in [2.45, 2.75) is 0 Å². The summed E-state index contributed by atoms with van der Waals surface area (Å²) in [6.45, 7) is 0. The fourth-order valence-corrected chi connectivity index (χ4v) is 8.06. The molecule has 0 atom stereocenters. The predicted molar refractivity (Wildman–Crippen MR) is 197 cm³/mol. The van der Waals surface area contributed by atoms with Gasteiger partial charge in [-0.25, -0.2) is 0 Å². The van der Waals surface area contributed by atoms with Crippen molar-refractivity contribution in [2.75, 3.05) is 0 Å². The normalized spacial score (nSPS) is 12.3. The standard InChI is InChI=1S/C44H26N2O/c1-2-13-28(14-3-1)45-38-20-10-9-18-32(38)37-25-40(30-16-6-7-19-33(30)43(37)45)46-39-21-11-8-17-31(39)35-24-36-34-23-22-27-12-4-5-15-29(27)44(34)47-42(36)26-41(35)46/h1-26H. The molecule has 0 fully saturated rings. The molecule has 47 heavy (non-hydrogen) atoms. The van der Waals surface area contributed by atoms with Crippen molar-refractivity contribution in [1.82, 2.24) is 9.13 Å². The van der Waals surface area contributed by atoms with Gasteiger partial charge in [0.15, 0.2) is 0 Å². The Labute approximate surface area is 269 Å². The Morgan fingerprint density at radius 2 is 1.00 bits per heavy atom. The predicted octanol–water partition coefficient (Wildman–Crippen LogP) is 12.1. The first-order chi connectivity index (χ1) is 23.3. The van der Waals surface area contributed by atoms with Crippen LogP contribution in [0.1, 0.15) is 0 Å². The van der Waals surface area contributed by atoms with Crippen LogP contribution in [0, 0.1) is 0 Å². The lowest BCUT2D eigenvalue weighted by atomic mass is 10.0. The number of nitrogens with zero attached hydrogens (tertiary/aromatic N) is 2. The first kappa shape index (κ1) is 24.9. The van der Waals surface area contributed by atoms with E-state index in [0.717, 1.165) is 44.2 Å². The van der Waals surface area contributed by atoms with Gasteiger partial charge in [0.05, 0.1) is 27.8 Å². The van der Waals surface area contributed by atoms with E-state index in [1.165, 1.54) is 54.3 Å². The third-order valence-corrected chi connectivity index (χ3v) is 10.1. The summed E-state index contributed by atoms with van der Waals surface area (Å²) in [5, 5.41) is 12.0. The van der Waals surface area contributed by atoms with E-state index in [9.17, 15) is 0 Å². The van der Waals surface area contributed by atoms with E-state index in [4.69, 9.17) is 4.42 Å². The molecule has 3 heterocycles. The average Bonchev–Trinajstić information content (AvgIpc) is 3.78. The van der Waals surface area contributed by atoms with Gasteiger partial charge in [0.1, 0.15) is 11.2 Å². The maximum Gasteiger partial charge on any atom is 0.143 e. The van der Waals surface area contributed by atoms with E-state index in [1.54, 1.807) is 0 Å². The van der Waals surface area contributed by atoms with Crippen LogP contribution in [0.2, 0.25) is 0 Å². The number of fused-ring (bicyclic) bond motifs is 13. The minimum absolute atomic E-state index is 0.902. The summed E-state index contributed by atoms with van der Waals surface area (Å²) in [6.07, 6.45) is 0. The first-order valence-corrected chi connectivity index (χ1v) is 16.1. The molecule has 0 aliphatic carbocycles. The first-order valence-electron chi connectivity index (χ1n) is 16.1. The number of hydrogen-bond donors (Lipinski definition) is 0. The zero-order valence-corrected chi connectivity index (χ0v) is 25.3. The molecule has 0 saturated heterocycles. The molecule has 0 amide bonds. The maximum absolute atomic E-state index is 6.71. The van der Waals surface area contributed by atoms with Gasteiger partial charge in [-0.2, -0.15) is 0 Å². The Morgan fingerprint density at radius 3 is 1.81 bits per heavy atom. The molecular weight excluding hydrogens is 572 g/mol. The van der Waals surface area contributed by atoms with E-state index in [0.29, 0.717) is 0 Å². The summed E-state index contributed by atoms with van der Waals surface area (Å²) in [7, 11) is 0. The molecule has 11 aromatic rings. The lowest BCUT2D eigenvalue weighted by Gasteiger charge is -2.15. The fraction of sp³-hybridized carbons (Fsp3) is 0. The summed E-state index contributed by atoms with van der Waals surface area (Å²) in [4.78, 5) is 0. The molecule has 0 aliphatic rings. The van der Waals surface area contributed by atoms with E-state index in [-0.39, 0.29) is 0 Å². The van der Waals surface area contributed by atoms with E-state index >= 15 is 0 Å². The average molecular weight is 599 g/mol. The maximum atomic E-state index is 6.71. The smallest absolute Gasteiger partial charge is 0.143 e. The molecule has 0 unspecified atom stereocenters. The van der Waals surface area contributed by atoms with Crippen molar-refractivity contribution in [3.8, 4) is 11.4 Å². The van der Waals surface area contributed by atoms with E-state index in [1.807, 2.05) is 0 Å². The van der Waals surface area contributed by atoms with Crippen LogP contribution in [0.15, 0.2) is 162 Å². The summed E-state index contributed by atoms with van der Waals surface area (Å²) < 4.78 is 11.6. The Morgan fingerprint density at radius 1 is 0.362 bits per heavy atom. The summed E-state index contributed by atoms with van der Waals surface area (Å²) in [5.74, 6) is 0. The van der Waals surface area contributed by atoms with Gasteiger partial charge in [-0.3, -0.25) is 0 Å². The van der Waals surface area contributed by atoms with Crippen molar-refractivity contribution in [1.29, 1.82) is 0 Å². The van der Waals surface area contributed by atoms with Gasteiger partial charge in [-0.15, -0.1) is 0 Å². The zero-order chi connectivity index (χ0) is 30.6. The highest BCUT2D eigenvalue weighted by molar-refractivity contribution is 6.24. The summed E-state index contributed by atoms with van der Waals surface area (Å²) in [5.41, 5.74) is 8.92. The van der Waals surface area contributed by atoms with Crippen LogP contribution in [-0.4, -0.2) is 9.13 Å². The van der Waals surface area contributed by atoms with Crippen molar-refractivity contribution in [2.24, 2.45) is 0 Å². The Hall–Kier alpha value is -6.32. The van der Waals surface area contributed by atoms with Crippen LogP contribution >= 0.6 is 0 Å². The van der Waals surface area contributed by atoms with Crippen LogP contribution in [0.4, 0.5) is 0 Å². The molecule has 11 rings (SSSR count). The van der Waals surface area contributed by atoms with Crippen molar-refractivity contribution < 1.29 is 4.42 Å². The lowest BCUT2D eigenvalue weighted by molar-refractivity contribution is 0.673. The van der Waals surface area contributed by atoms with Crippen LogP contribution in [0.5, 0.6) is 0 Å². The minimum Gasteiger partial charge on any atom is -0.455 e. The molecule has 0 radical (unpaired) electrons. The third kappa shape index (κ3) is 3.30. The summed E-state index contributed by atoms with van der Waals surface area (Å²) >= 11 is 0. The van der Waals surface area contributed by atoms with Crippen LogP contribution in [-0.2, 0) is 0 Å². The number of para-hydroxylation sites is 3. The van der Waals surface area contributed by atoms with Gasteiger partial charge in [-0.1, -0.05) is 109 Å². The molecule has 3 nitrogen and oxygen atoms in total. The largest absolute Gasteiger partial charge is 0.455 e. The lowest BCUT2D eigenvalue weighted by Crippen LogP contribution is -1.98. The zero-order valence-electron chi connectivity index (χ0n) is 25.3.